The van der Waals surface area contributed by atoms with Crippen molar-refractivity contribution in [2.24, 2.45) is 0 Å². The van der Waals surface area contributed by atoms with Gasteiger partial charge in [0, 0.05) is 25.7 Å². The fraction of sp³-hybridized carbons (Fsp3) is 0.913. The Morgan fingerprint density at radius 1 is 0.339 bits per heavy atom. The number of unbranched alkanes of at least 4 members (excludes halogenated alkanes) is 18. The van der Waals surface area contributed by atoms with Gasteiger partial charge < -0.3 is 59.8 Å². The lowest BCUT2D eigenvalue weighted by Gasteiger charge is -2.15. The number of esters is 4. The lowest BCUT2D eigenvalue weighted by molar-refractivity contribution is -0.161. The fourth-order valence-electron chi connectivity index (χ4n) is 5.16. The van der Waals surface area contributed by atoms with E-state index in [9.17, 15) is 24.3 Å². The van der Waals surface area contributed by atoms with Gasteiger partial charge in [0.1, 0.15) is 38.1 Å². The molecular weight excluding hydrogens is 808 g/mol. The number of carbonyl (C=O) groups excluding carboxylic acids is 4. The lowest BCUT2D eigenvalue weighted by atomic mass is 10.1. The molecule has 0 saturated carbocycles. The van der Waals surface area contributed by atoms with Gasteiger partial charge in [0.15, 0.2) is 6.10 Å². The van der Waals surface area contributed by atoms with Gasteiger partial charge >= 0.3 is 23.9 Å². The zero-order valence-electron chi connectivity index (χ0n) is 39.2. The van der Waals surface area contributed by atoms with E-state index in [2.05, 4.69) is 27.7 Å². The van der Waals surface area contributed by atoms with Crippen molar-refractivity contribution in [2.45, 2.75) is 219 Å². The van der Waals surface area contributed by atoms with E-state index in [1.54, 1.807) is 0 Å². The van der Waals surface area contributed by atoms with Crippen molar-refractivity contribution in [1.82, 2.24) is 0 Å². The topological polar surface area (TPSA) is 267 Å². The third-order valence-electron chi connectivity index (χ3n) is 9.09. The van der Waals surface area contributed by atoms with Crippen LogP contribution in [0.15, 0.2) is 0 Å². The van der Waals surface area contributed by atoms with Crippen LogP contribution in [0.5, 0.6) is 0 Å². The summed E-state index contributed by atoms with van der Waals surface area (Å²) in [5.41, 5.74) is 0. The molecule has 0 heterocycles. The fourth-order valence-corrected chi connectivity index (χ4v) is 5.16. The van der Waals surface area contributed by atoms with E-state index in [4.69, 9.17) is 54.7 Å². The molecule has 0 radical (unpaired) electrons. The van der Waals surface area contributed by atoms with E-state index in [0.29, 0.717) is 25.7 Å². The molecule has 3 atom stereocenters. The molecule has 62 heavy (non-hydrogen) atoms. The molecule has 0 fully saturated rings. The predicted molar refractivity (Wildman–Crippen MR) is 239 cm³/mol. The summed E-state index contributed by atoms with van der Waals surface area (Å²) >= 11 is 0. The van der Waals surface area contributed by atoms with Gasteiger partial charge in [-0.15, -0.1) is 0 Å². The summed E-state index contributed by atoms with van der Waals surface area (Å²) in [4.78, 5) is 45.6. The first-order chi connectivity index (χ1) is 29.8. The van der Waals surface area contributed by atoms with Gasteiger partial charge in [-0.05, 0) is 25.7 Å². The average molecular weight is 901 g/mol. The van der Waals surface area contributed by atoms with E-state index in [0.717, 1.165) is 70.6 Å². The molecule has 0 saturated heterocycles. The van der Waals surface area contributed by atoms with Crippen LogP contribution in [0.1, 0.15) is 195 Å². The van der Waals surface area contributed by atoms with Crippen LogP contribution in [0.3, 0.4) is 0 Å². The minimum atomic E-state index is -0.954. The molecule has 0 aromatic carbocycles. The van der Waals surface area contributed by atoms with Crippen LogP contribution in [0.4, 0.5) is 0 Å². The molecule has 0 rings (SSSR count). The van der Waals surface area contributed by atoms with Crippen molar-refractivity contribution in [3.63, 3.8) is 0 Å². The smallest absolute Gasteiger partial charge is 0.306 e. The van der Waals surface area contributed by atoms with Gasteiger partial charge in [-0.2, -0.15) is 0 Å². The number of hydrogen-bond acceptors (Lipinski definition) is 16. The van der Waals surface area contributed by atoms with E-state index < -0.39 is 24.4 Å². The molecule has 0 spiro atoms. The maximum atomic E-state index is 11.7. The van der Waals surface area contributed by atoms with E-state index in [1.165, 1.54) is 70.6 Å². The highest BCUT2D eigenvalue weighted by molar-refractivity contribution is 5.70. The minimum Gasteiger partial charge on any atom is -0.463 e. The third kappa shape index (κ3) is 57.6. The number of aliphatic hydroxyl groups is 8. The monoisotopic (exact) mass is 901 g/mol. The lowest BCUT2D eigenvalue weighted by Crippen LogP contribution is -2.28. The van der Waals surface area contributed by atoms with Crippen molar-refractivity contribution < 1.29 is 79.0 Å². The SMILES string of the molecule is CCCCCCCC(=O)OCC(CO)OC(=O)CCCCCCC.CCCCCCCC(=O)OCC(O)CO.CCCCCCCCCC(=O)OCC(O)CO.OCC(O)CO. The van der Waals surface area contributed by atoms with Gasteiger partial charge in [-0.25, -0.2) is 0 Å². The van der Waals surface area contributed by atoms with Gasteiger partial charge in [0.05, 0.1) is 33.0 Å². The Morgan fingerprint density at radius 3 is 0.855 bits per heavy atom. The summed E-state index contributed by atoms with van der Waals surface area (Å²) in [6.45, 7) is 6.55. The van der Waals surface area contributed by atoms with Crippen LogP contribution in [-0.2, 0) is 38.1 Å². The van der Waals surface area contributed by atoms with E-state index in [-0.39, 0.29) is 76.7 Å². The van der Waals surface area contributed by atoms with Gasteiger partial charge in [0.25, 0.3) is 0 Å². The Kier molecular flexibility index (Phi) is 58.4. The molecule has 0 aliphatic rings. The third-order valence-corrected chi connectivity index (χ3v) is 9.09. The molecule has 0 amide bonds. The number of hydrogen-bond donors (Lipinski definition) is 8. The first-order valence-electron chi connectivity index (χ1n) is 23.6. The molecule has 8 N–H and O–H groups in total. The second-order valence-corrected chi connectivity index (χ2v) is 15.4. The Morgan fingerprint density at radius 2 is 0.597 bits per heavy atom. The Balaban J connectivity index is -0.000000391. The Bertz CT molecular complexity index is 950. The number of aliphatic hydroxyl groups excluding tert-OH is 8. The summed E-state index contributed by atoms with van der Waals surface area (Å²) in [5.74, 6) is -1.20. The number of carbonyl (C=O) groups is 4. The summed E-state index contributed by atoms with van der Waals surface area (Å²) in [5, 5.41) is 68.1. The predicted octanol–water partition coefficient (Wildman–Crippen LogP) is 5.75. The molecule has 16 nitrogen and oxygen atoms in total. The molecule has 16 heteroatoms. The highest BCUT2D eigenvalue weighted by Crippen LogP contribution is 2.11. The number of rotatable bonds is 38. The van der Waals surface area contributed by atoms with Crippen molar-refractivity contribution in [3.05, 3.63) is 0 Å². The zero-order chi connectivity index (χ0) is 47.5. The van der Waals surface area contributed by atoms with Crippen LogP contribution in [-0.4, -0.2) is 142 Å². The quantitative estimate of drug-likeness (QED) is 0.0208. The van der Waals surface area contributed by atoms with Crippen molar-refractivity contribution in [2.75, 3.05) is 52.9 Å². The summed E-state index contributed by atoms with van der Waals surface area (Å²) in [6.07, 6.45) is 22.2. The van der Waals surface area contributed by atoms with Crippen LogP contribution < -0.4 is 0 Å². The minimum absolute atomic E-state index is 0.0636. The first-order valence-corrected chi connectivity index (χ1v) is 23.6. The average Bonchev–Trinajstić information content (AvgIpc) is 3.28. The van der Waals surface area contributed by atoms with E-state index >= 15 is 0 Å². The molecule has 0 bridgehead atoms. The van der Waals surface area contributed by atoms with Crippen LogP contribution in [0, 0.1) is 0 Å². The molecular formula is C46H92O16. The molecule has 0 aliphatic heterocycles. The van der Waals surface area contributed by atoms with Crippen LogP contribution in [0.25, 0.3) is 0 Å². The molecule has 0 aromatic rings. The molecule has 372 valence electrons. The van der Waals surface area contributed by atoms with Crippen molar-refractivity contribution in [1.29, 1.82) is 0 Å². The van der Waals surface area contributed by atoms with Gasteiger partial charge in [-0.1, -0.05) is 143 Å². The standard InChI is InChI=1S/C19H36O5.C13H26O4.C11H22O4.C3H8O3/c1-3-5-7-9-11-13-18(21)23-16-17(15-20)24-19(22)14-12-10-8-6-4-2;1-2-3-4-5-6-7-8-9-13(16)17-11-12(15)10-14;1-2-3-4-5-6-7-11(14)15-9-10(13)8-12;4-1-3(6)2-5/h17,20H,3-16H2,1-2H3;12,14-15H,2-11H2,1H3;10,12-13H,2-9H2,1H3;3-6H,1-2H2. The highest BCUT2D eigenvalue weighted by atomic mass is 16.6. The first kappa shape index (κ1) is 66.2. The Labute approximate surface area is 374 Å². The second kappa shape index (κ2) is 54.7. The van der Waals surface area contributed by atoms with Crippen LogP contribution >= 0.6 is 0 Å². The highest BCUT2D eigenvalue weighted by Gasteiger charge is 2.16. The maximum absolute atomic E-state index is 11.7. The summed E-state index contributed by atoms with van der Waals surface area (Å²) < 4.78 is 19.8. The maximum Gasteiger partial charge on any atom is 0.306 e. The molecule has 3 unspecified atom stereocenters. The largest absolute Gasteiger partial charge is 0.463 e. The summed E-state index contributed by atoms with van der Waals surface area (Å²) in [7, 11) is 0. The van der Waals surface area contributed by atoms with Gasteiger partial charge in [0.2, 0.25) is 0 Å². The Hall–Kier alpha value is -2.44. The normalized spacial score (nSPS) is 12.0. The molecule has 0 aromatic heterocycles. The van der Waals surface area contributed by atoms with E-state index in [1.807, 2.05) is 0 Å². The van der Waals surface area contributed by atoms with Crippen molar-refractivity contribution in [3.8, 4) is 0 Å². The summed E-state index contributed by atoms with van der Waals surface area (Å²) in [6, 6.07) is 0. The second-order valence-electron chi connectivity index (χ2n) is 15.4. The number of ether oxygens (including phenoxy) is 4. The van der Waals surface area contributed by atoms with Crippen molar-refractivity contribution >= 4 is 23.9 Å². The van der Waals surface area contributed by atoms with Gasteiger partial charge in [-0.3, -0.25) is 19.2 Å². The van der Waals surface area contributed by atoms with Crippen LogP contribution in [0.2, 0.25) is 0 Å². The molecule has 0 aliphatic carbocycles. The zero-order valence-corrected chi connectivity index (χ0v) is 39.2.